The molecule has 5 nitrogen and oxygen atoms in total. The van der Waals surface area contributed by atoms with Gasteiger partial charge in [0.2, 0.25) is 5.91 Å². The lowest BCUT2D eigenvalue weighted by atomic mass is 9.47. The summed E-state index contributed by atoms with van der Waals surface area (Å²) in [6.45, 7) is 16.1. The Bertz CT molecular complexity index is 599. The quantitative estimate of drug-likeness (QED) is 0.754. The Morgan fingerprint density at radius 3 is 2.22 bits per heavy atom. The zero-order valence-corrected chi connectivity index (χ0v) is 18.2. The molecule has 4 aliphatic rings. The number of hydrogen-bond donors (Lipinski definition) is 0. The van der Waals surface area contributed by atoms with Crippen LogP contribution in [0.5, 0.6) is 0 Å². The second kappa shape index (κ2) is 6.17. The van der Waals surface area contributed by atoms with Gasteiger partial charge in [-0.15, -0.1) is 0 Å². The highest BCUT2D eigenvalue weighted by Crippen LogP contribution is 2.61. The third-order valence-electron chi connectivity index (χ3n) is 8.18. The molecule has 5 unspecified atom stereocenters. The van der Waals surface area contributed by atoms with Crippen molar-refractivity contribution >= 4 is 5.91 Å². The van der Waals surface area contributed by atoms with Crippen LogP contribution in [0.1, 0.15) is 60.8 Å². The van der Waals surface area contributed by atoms with E-state index in [1.54, 1.807) is 6.92 Å². The average molecular weight is 379 g/mol. The molecule has 0 radical (unpaired) electrons. The number of carbonyl (C=O) groups is 1. The first-order chi connectivity index (χ1) is 12.5. The van der Waals surface area contributed by atoms with E-state index in [1.807, 2.05) is 12.0 Å². The summed E-state index contributed by atoms with van der Waals surface area (Å²) in [6.07, 6.45) is 4.06. The summed E-state index contributed by atoms with van der Waals surface area (Å²) in [4.78, 5) is 16.5. The lowest BCUT2D eigenvalue weighted by Crippen LogP contribution is -2.74. The smallest absolute Gasteiger partial charge is 0.219 e. The summed E-state index contributed by atoms with van der Waals surface area (Å²) in [6, 6.07) is 0.525. The lowest BCUT2D eigenvalue weighted by Gasteiger charge is -2.67. The zero-order valence-electron chi connectivity index (χ0n) is 18.2. The van der Waals surface area contributed by atoms with Crippen LogP contribution in [0.4, 0.5) is 0 Å². The maximum Gasteiger partial charge on any atom is 0.219 e. The number of nitrogens with zero attached hydrogens (tertiary/aromatic N) is 2. The van der Waals surface area contributed by atoms with Crippen LogP contribution >= 0.6 is 0 Å². The van der Waals surface area contributed by atoms with Crippen molar-refractivity contribution in [3.63, 3.8) is 0 Å². The van der Waals surface area contributed by atoms with Crippen LogP contribution in [0, 0.1) is 17.3 Å². The van der Waals surface area contributed by atoms with Gasteiger partial charge in [0, 0.05) is 57.1 Å². The van der Waals surface area contributed by atoms with Crippen molar-refractivity contribution in [2.75, 3.05) is 26.7 Å². The fourth-order valence-corrected chi connectivity index (χ4v) is 7.10. The molecule has 5 atom stereocenters. The first-order valence-corrected chi connectivity index (χ1v) is 10.7. The minimum absolute atomic E-state index is 0.0247. The van der Waals surface area contributed by atoms with Crippen molar-refractivity contribution in [1.82, 2.24) is 9.80 Å². The normalized spacial score (nSPS) is 41.7. The van der Waals surface area contributed by atoms with Gasteiger partial charge >= 0.3 is 0 Å². The molecular formula is C22H38N2O3. The van der Waals surface area contributed by atoms with Crippen molar-refractivity contribution in [1.29, 1.82) is 0 Å². The molecule has 0 aromatic heterocycles. The summed E-state index contributed by atoms with van der Waals surface area (Å²) in [5.41, 5.74) is 0.0904. The van der Waals surface area contributed by atoms with Gasteiger partial charge in [0.15, 0.2) is 0 Å². The van der Waals surface area contributed by atoms with Crippen LogP contribution in [0.3, 0.4) is 0 Å². The molecule has 27 heavy (non-hydrogen) atoms. The molecule has 0 N–H and O–H groups in total. The minimum atomic E-state index is -0.128. The predicted octanol–water partition coefficient (Wildman–Crippen LogP) is 2.93. The van der Waals surface area contributed by atoms with Gasteiger partial charge in [-0.3, -0.25) is 9.69 Å². The van der Waals surface area contributed by atoms with E-state index in [4.69, 9.17) is 9.47 Å². The number of methoxy groups -OCH3 is 1. The van der Waals surface area contributed by atoms with Crippen LogP contribution in [0.15, 0.2) is 0 Å². The lowest BCUT2D eigenvalue weighted by molar-refractivity contribution is -0.272. The van der Waals surface area contributed by atoms with Crippen LogP contribution in [-0.2, 0) is 14.3 Å². The van der Waals surface area contributed by atoms with Crippen molar-refractivity contribution in [2.45, 2.75) is 90.2 Å². The van der Waals surface area contributed by atoms with E-state index in [9.17, 15) is 4.79 Å². The van der Waals surface area contributed by atoms with Gasteiger partial charge < -0.3 is 14.4 Å². The van der Waals surface area contributed by atoms with Crippen LogP contribution in [0.2, 0.25) is 0 Å². The molecular weight excluding hydrogens is 340 g/mol. The van der Waals surface area contributed by atoms with Crippen molar-refractivity contribution in [3.05, 3.63) is 0 Å². The highest BCUT2D eigenvalue weighted by Gasteiger charge is 2.67. The van der Waals surface area contributed by atoms with Gasteiger partial charge in [-0.1, -0.05) is 13.8 Å². The summed E-state index contributed by atoms with van der Waals surface area (Å²) < 4.78 is 12.8. The monoisotopic (exact) mass is 378 g/mol. The Morgan fingerprint density at radius 1 is 1.11 bits per heavy atom. The van der Waals surface area contributed by atoms with E-state index in [0.717, 1.165) is 26.1 Å². The molecule has 5 heteroatoms. The van der Waals surface area contributed by atoms with Crippen molar-refractivity contribution in [2.24, 2.45) is 17.3 Å². The highest BCUT2D eigenvalue weighted by molar-refractivity contribution is 5.73. The maximum atomic E-state index is 11.9. The van der Waals surface area contributed by atoms with Gasteiger partial charge in [-0.25, -0.2) is 0 Å². The Morgan fingerprint density at radius 2 is 1.74 bits per heavy atom. The molecule has 1 saturated carbocycles. The largest absolute Gasteiger partial charge is 0.377 e. The Balaban J connectivity index is 1.51. The standard InChI is InChI=1S/C22H38N2O3/c1-14(25)23-11-15-8-16(12-23)22(15,26-7)21(5,6)10-19-18-9-17(27-19)13-24(18)20(2,3)4/h15-19H,8-13H2,1-7H3. The van der Waals surface area contributed by atoms with Crippen LogP contribution in [-0.4, -0.2) is 71.8 Å². The molecule has 3 aliphatic heterocycles. The first kappa shape index (κ1) is 19.7. The van der Waals surface area contributed by atoms with E-state index < -0.39 is 0 Å². The SMILES string of the molecule is COC1(C(C)(C)CC2OC3CC2N(C(C)(C)C)C3)C2CC1CN(C(C)=O)C2. The predicted molar refractivity (Wildman–Crippen MR) is 106 cm³/mol. The second-order valence-electron chi connectivity index (χ2n) is 11.1. The number of rotatable bonds is 4. The summed E-state index contributed by atoms with van der Waals surface area (Å²) in [5.74, 6) is 1.08. The zero-order chi connectivity index (χ0) is 19.8. The third kappa shape index (κ3) is 2.79. The molecule has 154 valence electrons. The van der Waals surface area contributed by atoms with Gasteiger partial charge in [0.05, 0.1) is 17.8 Å². The first-order valence-electron chi connectivity index (χ1n) is 10.7. The van der Waals surface area contributed by atoms with Gasteiger partial charge in [-0.05, 0) is 45.4 Å². The highest BCUT2D eigenvalue weighted by atomic mass is 16.5. The molecule has 1 aliphatic carbocycles. The molecule has 3 saturated heterocycles. The van der Waals surface area contributed by atoms with Crippen molar-refractivity contribution in [3.8, 4) is 0 Å². The number of piperidine rings is 2. The van der Waals surface area contributed by atoms with E-state index in [1.165, 1.54) is 12.8 Å². The second-order valence-corrected chi connectivity index (χ2v) is 11.1. The van der Waals surface area contributed by atoms with Gasteiger partial charge in [-0.2, -0.15) is 0 Å². The van der Waals surface area contributed by atoms with E-state index in [0.29, 0.717) is 24.0 Å². The van der Waals surface area contributed by atoms with Crippen molar-refractivity contribution < 1.29 is 14.3 Å². The third-order valence-corrected chi connectivity index (χ3v) is 8.18. The molecule has 1 amide bonds. The number of hydrogen-bond acceptors (Lipinski definition) is 4. The van der Waals surface area contributed by atoms with Crippen LogP contribution in [0.25, 0.3) is 0 Å². The van der Waals surface area contributed by atoms with Gasteiger partial charge in [0.1, 0.15) is 0 Å². The number of ether oxygens (including phenoxy) is 2. The molecule has 4 fully saturated rings. The maximum absolute atomic E-state index is 11.9. The van der Waals surface area contributed by atoms with E-state index in [2.05, 4.69) is 39.5 Å². The summed E-state index contributed by atoms with van der Waals surface area (Å²) in [7, 11) is 1.88. The van der Waals surface area contributed by atoms with E-state index >= 15 is 0 Å². The Labute approximate surface area is 164 Å². The number of likely N-dealkylation sites (tertiary alicyclic amines) is 2. The summed E-state index contributed by atoms with van der Waals surface area (Å²) in [5, 5.41) is 0. The molecule has 0 spiro atoms. The van der Waals surface area contributed by atoms with Crippen LogP contribution < -0.4 is 0 Å². The minimum Gasteiger partial charge on any atom is -0.377 e. The molecule has 0 aromatic rings. The molecule has 4 rings (SSSR count). The molecule has 0 aromatic carbocycles. The number of morpholine rings is 1. The molecule has 4 bridgehead atoms. The Hall–Kier alpha value is -0.650. The number of amides is 1. The topological polar surface area (TPSA) is 42.0 Å². The average Bonchev–Trinajstić information content (AvgIpc) is 3.14. The van der Waals surface area contributed by atoms with Gasteiger partial charge in [0.25, 0.3) is 0 Å². The summed E-state index contributed by atoms with van der Waals surface area (Å²) >= 11 is 0. The fraction of sp³-hybridized carbons (Fsp3) is 0.955. The van der Waals surface area contributed by atoms with E-state index in [-0.39, 0.29) is 28.6 Å². The molecule has 3 heterocycles. The number of carbonyl (C=O) groups excluding carboxylic acids is 1. The number of fused-ring (bicyclic) bond motifs is 4. The fourth-order valence-electron chi connectivity index (χ4n) is 7.10. The Kier molecular flexibility index (Phi) is 4.49.